The highest BCUT2D eigenvalue weighted by Crippen LogP contribution is 2.16. The van der Waals surface area contributed by atoms with Crippen LogP contribution in [-0.4, -0.2) is 29.0 Å². The second-order valence-electron chi connectivity index (χ2n) is 6.33. The Balaban J connectivity index is 1.63. The van der Waals surface area contributed by atoms with Gasteiger partial charge in [-0.15, -0.1) is 0 Å². The summed E-state index contributed by atoms with van der Waals surface area (Å²) in [5, 5.41) is 12.0. The summed E-state index contributed by atoms with van der Waals surface area (Å²) in [6.45, 7) is 0. The molecule has 0 spiro atoms. The zero-order valence-corrected chi connectivity index (χ0v) is 15.4. The smallest absolute Gasteiger partial charge is 0.343 e. The molecule has 2 N–H and O–H groups in total. The molecule has 1 atom stereocenters. The fourth-order valence-electron chi connectivity index (χ4n) is 2.70. The third-order valence-electron chi connectivity index (χ3n) is 4.22. The molecule has 0 aliphatic heterocycles. The molecule has 0 heterocycles. The van der Waals surface area contributed by atoms with Gasteiger partial charge in [-0.2, -0.15) is 0 Å². The van der Waals surface area contributed by atoms with Gasteiger partial charge in [0, 0.05) is 12.0 Å². The van der Waals surface area contributed by atoms with Crippen LogP contribution in [0.2, 0.25) is 0 Å². The van der Waals surface area contributed by atoms with Gasteiger partial charge in [0.1, 0.15) is 11.8 Å². The maximum atomic E-state index is 12.2. The van der Waals surface area contributed by atoms with Gasteiger partial charge >= 0.3 is 11.9 Å². The number of esters is 1. The maximum absolute atomic E-state index is 12.2. The molecule has 146 valence electrons. The normalized spacial score (nSPS) is 11.3. The summed E-state index contributed by atoms with van der Waals surface area (Å²) in [5.41, 5.74) is 1.51. The van der Waals surface area contributed by atoms with Crippen LogP contribution in [0.4, 0.5) is 0 Å². The first-order chi connectivity index (χ1) is 14.0. The van der Waals surface area contributed by atoms with Gasteiger partial charge in [0.15, 0.2) is 0 Å². The number of carbonyl (C=O) groups excluding carboxylic acids is 2. The lowest BCUT2D eigenvalue weighted by Crippen LogP contribution is -2.42. The second-order valence-corrected chi connectivity index (χ2v) is 6.33. The monoisotopic (exact) mass is 389 g/mol. The number of benzene rings is 3. The molecule has 0 radical (unpaired) electrons. The Morgan fingerprint density at radius 3 is 1.90 bits per heavy atom. The molecule has 1 amide bonds. The number of carboxylic acids is 1. The van der Waals surface area contributed by atoms with Gasteiger partial charge < -0.3 is 15.2 Å². The number of aliphatic carboxylic acids is 1. The molecular weight excluding hydrogens is 370 g/mol. The van der Waals surface area contributed by atoms with Crippen LogP contribution in [0, 0.1) is 0 Å². The van der Waals surface area contributed by atoms with Crippen molar-refractivity contribution in [1.82, 2.24) is 5.32 Å². The highest BCUT2D eigenvalue weighted by atomic mass is 16.5. The third-order valence-corrected chi connectivity index (χ3v) is 4.22. The van der Waals surface area contributed by atoms with Crippen molar-refractivity contribution in [3.05, 3.63) is 102 Å². The molecule has 0 aromatic heterocycles. The first-order valence-corrected chi connectivity index (χ1v) is 8.98. The number of rotatable bonds is 7. The van der Waals surface area contributed by atoms with E-state index in [4.69, 9.17) is 4.74 Å². The van der Waals surface area contributed by atoms with Gasteiger partial charge in [0.2, 0.25) is 0 Å². The van der Waals surface area contributed by atoms with Gasteiger partial charge in [0.05, 0.1) is 5.56 Å². The molecule has 6 nitrogen and oxygen atoms in total. The topological polar surface area (TPSA) is 92.7 Å². The van der Waals surface area contributed by atoms with E-state index in [9.17, 15) is 19.5 Å². The van der Waals surface area contributed by atoms with Crippen molar-refractivity contribution in [2.45, 2.75) is 12.5 Å². The van der Waals surface area contributed by atoms with E-state index in [2.05, 4.69) is 5.32 Å². The molecule has 0 unspecified atom stereocenters. The minimum atomic E-state index is -1.13. The average molecular weight is 389 g/mol. The van der Waals surface area contributed by atoms with E-state index in [0.717, 1.165) is 0 Å². The number of hydrogen-bond donors (Lipinski definition) is 2. The standard InChI is InChI=1S/C23H19NO5/c25-21(17-7-3-1-4-8-17)24-20(22(26)27)15-16-11-13-19(14-12-16)29-23(28)18-9-5-2-6-10-18/h1-14,20H,15H2,(H,24,25)(H,26,27)/t20-/m0/s1. The summed E-state index contributed by atoms with van der Waals surface area (Å²) < 4.78 is 5.31. The Kier molecular flexibility index (Phi) is 6.37. The highest BCUT2D eigenvalue weighted by molar-refractivity contribution is 5.96. The molecule has 0 bridgehead atoms. The van der Waals surface area contributed by atoms with E-state index in [1.54, 1.807) is 84.9 Å². The van der Waals surface area contributed by atoms with Crippen LogP contribution in [0.15, 0.2) is 84.9 Å². The van der Waals surface area contributed by atoms with Crippen molar-refractivity contribution < 1.29 is 24.2 Å². The van der Waals surface area contributed by atoms with Gasteiger partial charge in [-0.3, -0.25) is 4.79 Å². The molecule has 0 aliphatic carbocycles. The van der Waals surface area contributed by atoms with Crippen LogP contribution in [0.1, 0.15) is 26.3 Å². The lowest BCUT2D eigenvalue weighted by molar-refractivity contribution is -0.139. The van der Waals surface area contributed by atoms with Crippen LogP contribution in [-0.2, 0) is 11.2 Å². The van der Waals surface area contributed by atoms with Gasteiger partial charge in [0.25, 0.3) is 5.91 Å². The fraction of sp³-hybridized carbons (Fsp3) is 0.0870. The zero-order chi connectivity index (χ0) is 20.6. The number of carboxylic acid groups (broad SMARTS) is 1. The number of ether oxygens (including phenoxy) is 1. The van der Waals surface area contributed by atoms with E-state index < -0.39 is 23.9 Å². The summed E-state index contributed by atoms with van der Waals surface area (Å²) in [4.78, 5) is 35.9. The number of nitrogens with one attached hydrogen (secondary N) is 1. The molecule has 0 saturated carbocycles. The van der Waals surface area contributed by atoms with Crippen LogP contribution < -0.4 is 10.1 Å². The summed E-state index contributed by atoms with van der Waals surface area (Å²) in [7, 11) is 0. The molecule has 3 rings (SSSR count). The molecule has 3 aromatic carbocycles. The Morgan fingerprint density at radius 2 is 1.34 bits per heavy atom. The average Bonchev–Trinajstić information content (AvgIpc) is 2.75. The Morgan fingerprint density at radius 1 is 0.793 bits per heavy atom. The lowest BCUT2D eigenvalue weighted by Gasteiger charge is -2.15. The van der Waals surface area contributed by atoms with Gasteiger partial charge in [-0.25, -0.2) is 9.59 Å². The zero-order valence-electron chi connectivity index (χ0n) is 15.4. The summed E-state index contributed by atoms with van der Waals surface area (Å²) in [6.07, 6.45) is 0.0980. The molecule has 6 heteroatoms. The summed E-state index contributed by atoms with van der Waals surface area (Å²) >= 11 is 0. The first-order valence-electron chi connectivity index (χ1n) is 8.98. The Bertz CT molecular complexity index is 985. The van der Waals surface area contributed by atoms with Crippen molar-refractivity contribution >= 4 is 17.8 Å². The van der Waals surface area contributed by atoms with E-state index in [0.29, 0.717) is 22.4 Å². The van der Waals surface area contributed by atoms with Crippen molar-refractivity contribution in [2.24, 2.45) is 0 Å². The predicted octanol–water partition coefficient (Wildman–Crippen LogP) is 3.33. The molecule has 0 fully saturated rings. The minimum absolute atomic E-state index is 0.0980. The molecule has 3 aromatic rings. The van der Waals surface area contributed by atoms with Crippen LogP contribution in [0.3, 0.4) is 0 Å². The second kappa shape index (κ2) is 9.32. The Labute approximate surface area is 167 Å². The van der Waals surface area contributed by atoms with Gasteiger partial charge in [-0.1, -0.05) is 48.5 Å². The maximum Gasteiger partial charge on any atom is 0.343 e. The summed E-state index contributed by atoms with van der Waals surface area (Å²) in [6, 6.07) is 22.5. The SMILES string of the molecule is O=C(N[C@@H](Cc1ccc(OC(=O)c2ccccc2)cc1)C(=O)O)c1ccccc1. The lowest BCUT2D eigenvalue weighted by atomic mass is 10.1. The third kappa shape index (κ3) is 5.52. The van der Waals surface area contributed by atoms with Crippen molar-refractivity contribution in [3.63, 3.8) is 0 Å². The van der Waals surface area contributed by atoms with E-state index in [1.165, 1.54) is 0 Å². The van der Waals surface area contributed by atoms with Crippen molar-refractivity contribution in [2.75, 3.05) is 0 Å². The Hall–Kier alpha value is -3.93. The van der Waals surface area contributed by atoms with Crippen molar-refractivity contribution in [1.29, 1.82) is 0 Å². The number of amides is 1. The largest absolute Gasteiger partial charge is 0.480 e. The van der Waals surface area contributed by atoms with E-state index in [1.807, 2.05) is 0 Å². The quantitative estimate of drug-likeness (QED) is 0.478. The fourth-order valence-corrected chi connectivity index (χ4v) is 2.70. The number of carbonyl (C=O) groups is 3. The highest BCUT2D eigenvalue weighted by Gasteiger charge is 2.21. The molecule has 29 heavy (non-hydrogen) atoms. The molecule has 0 saturated heterocycles. The number of hydrogen-bond acceptors (Lipinski definition) is 4. The van der Waals surface area contributed by atoms with Crippen LogP contribution >= 0.6 is 0 Å². The summed E-state index contributed by atoms with van der Waals surface area (Å²) in [5.74, 6) is -1.71. The first kappa shape index (κ1) is 19.8. The minimum Gasteiger partial charge on any atom is -0.480 e. The van der Waals surface area contributed by atoms with Crippen LogP contribution in [0.5, 0.6) is 5.75 Å². The van der Waals surface area contributed by atoms with Crippen LogP contribution in [0.25, 0.3) is 0 Å². The van der Waals surface area contributed by atoms with E-state index >= 15 is 0 Å². The van der Waals surface area contributed by atoms with Gasteiger partial charge in [-0.05, 0) is 42.0 Å². The predicted molar refractivity (Wildman–Crippen MR) is 107 cm³/mol. The molecule has 0 aliphatic rings. The van der Waals surface area contributed by atoms with Crippen molar-refractivity contribution in [3.8, 4) is 5.75 Å². The molecular formula is C23H19NO5. The van der Waals surface area contributed by atoms with E-state index in [-0.39, 0.29) is 6.42 Å².